The van der Waals surface area contributed by atoms with Crippen molar-refractivity contribution in [3.05, 3.63) is 36.4 Å². The van der Waals surface area contributed by atoms with Crippen LogP contribution in [0, 0.1) is 0 Å². The molecule has 0 radical (unpaired) electrons. The average molecular weight is 463 g/mol. The van der Waals surface area contributed by atoms with Gasteiger partial charge >= 0.3 is 12.0 Å². The van der Waals surface area contributed by atoms with Crippen molar-refractivity contribution in [1.29, 1.82) is 0 Å². The number of carbonyl (C=O) groups excluding carboxylic acids is 6. The molecule has 1 aliphatic heterocycles. The molecule has 1 atom stereocenters. The lowest BCUT2D eigenvalue weighted by atomic mass is 10.1. The van der Waals surface area contributed by atoms with Crippen LogP contribution >= 0.6 is 0 Å². The van der Waals surface area contributed by atoms with Crippen molar-refractivity contribution in [3.63, 3.8) is 0 Å². The lowest BCUT2D eigenvalue weighted by molar-refractivity contribution is -0.146. The summed E-state index contributed by atoms with van der Waals surface area (Å²) in [6.07, 6.45) is 3.01. The van der Waals surface area contributed by atoms with Gasteiger partial charge in [0.1, 0.15) is 12.6 Å². The first-order valence-corrected chi connectivity index (χ1v) is 9.48. The highest BCUT2D eigenvalue weighted by molar-refractivity contribution is 6.15. The number of primary amides is 2. The molecule has 1 aromatic carbocycles. The van der Waals surface area contributed by atoms with Crippen LogP contribution in [0.5, 0.6) is 0 Å². The minimum atomic E-state index is -1.07. The SMILES string of the molecule is NC=O.NCCC[C@H](C(=O)ON)N(C(N)=O)c1ccc(NC(=O)CN2C(=O)C=CC2=O)cc1. The van der Waals surface area contributed by atoms with E-state index in [4.69, 9.17) is 22.2 Å². The molecule has 2 rings (SSSR count). The fourth-order valence-electron chi connectivity index (χ4n) is 2.84. The third kappa shape index (κ3) is 7.71. The normalized spacial score (nSPS) is 13.0. The molecule has 0 unspecified atom stereocenters. The van der Waals surface area contributed by atoms with Crippen molar-refractivity contribution in [2.75, 3.05) is 23.3 Å². The van der Waals surface area contributed by atoms with E-state index in [9.17, 15) is 24.0 Å². The number of hydrogen-bond donors (Lipinski definition) is 5. The van der Waals surface area contributed by atoms with Gasteiger partial charge in [-0.1, -0.05) is 0 Å². The molecule has 0 saturated heterocycles. The Hall–Kier alpha value is -4.30. The van der Waals surface area contributed by atoms with Crippen LogP contribution in [-0.4, -0.2) is 60.2 Å². The molecule has 14 heteroatoms. The summed E-state index contributed by atoms with van der Waals surface area (Å²) in [5.74, 6) is 2.38. The molecule has 0 saturated carbocycles. The fraction of sp³-hybridized carbons (Fsp3) is 0.263. The van der Waals surface area contributed by atoms with E-state index in [1.54, 1.807) is 0 Å². The van der Waals surface area contributed by atoms with Crippen LogP contribution in [0.1, 0.15) is 12.8 Å². The van der Waals surface area contributed by atoms with E-state index in [1.165, 1.54) is 24.3 Å². The minimum absolute atomic E-state index is 0.180. The Morgan fingerprint density at radius 1 is 1.12 bits per heavy atom. The van der Waals surface area contributed by atoms with Crippen LogP contribution in [0.3, 0.4) is 0 Å². The van der Waals surface area contributed by atoms with Gasteiger partial charge in [-0.25, -0.2) is 9.59 Å². The molecule has 0 spiro atoms. The monoisotopic (exact) mass is 463 g/mol. The van der Waals surface area contributed by atoms with Gasteiger partial charge in [0.05, 0.1) is 0 Å². The second-order valence-corrected chi connectivity index (χ2v) is 6.42. The second kappa shape index (κ2) is 13.2. The Bertz CT molecular complexity index is 900. The predicted molar refractivity (Wildman–Crippen MR) is 116 cm³/mol. The number of nitrogens with two attached hydrogens (primary N) is 4. The number of anilines is 2. The molecule has 33 heavy (non-hydrogen) atoms. The van der Waals surface area contributed by atoms with Crippen LogP contribution in [0.2, 0.25) is 0 Å². The molecule has 9 N–H and O–H groups in total. The van der Waals surface area contributed by atoms with Gasteiger partial charge in [0.25, 0.3) is 11.8 Å². The van der Waals surface area contributed by atoms with Crippen molar-refractivity contribution in [2.45, 2.75) is 18.9 Å². The first-order valence-electron chi connectivity index (χ1n) is 9.48. The summed E-state index contributed by atoms with van der Waals surface area (Å²) in [5.41, 5.74) is 15.7. The summed E-state index contributed by atoms with van der Waals surface area (Å²) in [7, 11) is 0. The molecule has 0 aliphatic carbocycles. The van der Waals surface area contributed by atoms with Crippen LogP contribution < -0.4 is 33.3 Å². The largest absolute Gasteiger partial charge is 0.372 e. The fourth-order valence-corrected chi connectivity index (χ4v) is 2.84. The molecule has 14 nitrogen and oxygen atoms in total. The van der Waals surface area contributed by atoms with E-state index < -0.39 is 42.3 Å². The summed E-state index contributed by atoms with van der Waals surface area (Å²) in [4.78, 5) is 73.7. The van der Waals surface area contributed by atoms with Crippen LogP contribution in [0.25, 0.3) is 0 Å². The van der Waals surface area contributed by atoms with Gasteiger partial charge in [0.2, 0.25) is 12.3 Å². The zero-order valence-electron chi connectivity index (χ0n) is 17.5. The zero-order chi connectivity index (χ0) is 25.0. The Morgan fingerprint density at radius 3 is 2.12 bits per heavy atom. The molecular weight excluding hydrogens is 438 g/mol. The summed E-state index contributed by atoms with van der Waals surface area (Å²) in [5, 5.41) is 2.53. The Morgan fingerprint density at radius 2 is 1.67 bits per heavy atom. The van der Waals surface area contributed by atoms with Crippen molar-refractivity contribution in [1.82, 2.24) is 4.90 Å². The van der Waals surface area contributed by atoms with E-state index >= 15 is 0 Å². The van der Waals surface area contributed by atoms with Gasteiger partial charge in [0.15, 0.2) is 0 Å². The summed E-state index contributed by atoms with van der Waals surface area (Å²) < 4.78 is 0. The lowest BCUT2D eigenvalue weighted by Crippen LogP contribution is -2.49. The maximum Gasteiger partial charge on any atom is 0.347 e. The lowest BCUT2D eigenvalue weighted by Gasteiger charge is -2.28. The quantitative estimate of drug-likeness (QED) is 0.155. The Kier molecular flexibility index (Phi) is 10.7. The number of hydrogen-bond acceptors (Lipinski definition) is 9. The number of urea groups is 1. The number of carbonyl (C=O) groups is 6. The van der Waals surface area contributed by atoms with Crippen LogP contribution in [0.4, 0.5) is 16.2 Å². The Balaban J connectivity index is 0.00000172. The maximum absolute atomic E-state index is 12.1. The summed E-state index contributed by atoms with van der Waals surface area (Å²) in [6, 6.07) is 3.85. The highest BCUT2D eigenvalue weighted by Crippen LogP contribution is 2.22. The van der Waals surface area contributed by atoms with Crippen molar-refractivity contribution >= 4 is 47.5 Å². The first-order chi connectivity index (χ1) is 15.7. The number of nitrogens with one attached hydrogen (secondary N) is 1. The smallest absolute Gasteiger partial charge is 0.347 e. The topological polar surface area (TPSA) is 234 Å². The van der Waals surface area contributed by atoms with E-state index in [0.29, 0.717) is 12.1 Å². The standard InChI is InChI=1S/C18H22N6O6.CH3NO/c19-9-1-2-13(17(28)30-21)24(18(20)29)12-5-3-11(4-6-12)22-14(25)10-23-15(26)7-8-16(23)27;2-1-3/h3-8,13H,1-2,9-10,19,21H2,(H2,20,29)(H,22,25);1H,(H2,2,3)/t13-;/m1./s1. The third-order valence-electron chi connectivity index (χ3n) is 4.25. The van der Waals surface area contributed by atoms with E-state index in [2.05, 4.69) is 15.9 Å². The highest BCUT2D eigenvalue weighted by Gasteiger charge is 2.31. The van der Waals surface area contributed by atoms with Gasteiger partial charge in [-0.2, -0.15) is 5.90 Å². The molecule has 6 amide bonds. The van der Waals surface area contributed by atoms with Gasteiger partial charge in [-0.3, -0.25) is 29.0 Å². The molecule has 0 bridgehead atoms. The molecule has 0 fully saturated rings. The maximum atomic E-state index is 12.1. The van der Waals surface area contributed by atoms with Gasteiger partial charge in [0, 0.05) is 23.5 Å². The molecule has 1 aliphatic rings. The van der Waals surface area contributed by atoms with Gasteiger partial charge in [-0.15, -0.1) is 0 Å². The third-order valence-corrected chi connectivity index (χ3v) is 4.25. The van der Waals surface area contributed by atoms with Gasteiger partial charge < -0.3 is 27.4 Å². The predicted octanol–water partition coefficient (Wildman–Crippen LogP) is -1.94. The Labute approximate surface area is 188 Å². The van der Waals surface area contributed by atoms with E-state index in [0.717, 1.165) is 22.0 Å². The van der Waals surface area contributed by atoms with Crippen molar-refractivity contribution in [2.24, 2.45) is 23.1 Å². The number of imide groups is 1. The summed E-state index contributed by atoms with van der Waals surface area (Å²) in [6.45, 7) is -0.160. The van der Waals surface area contributed by atoms with Gasteiger partial charge in [-0.05, 0) is 43.7 Å². The zero-order valence-corrected chi connectivity index (χ0v) is 17.5. The summed E-state index contributed by atoms with van der Waals surface area (Å²) >= 11 is 0. The highest BCUT2D eigenvalue weighted by atomic mass is 16.7. The van der Waals surface area contributed by atoms with Crippen LogP contribution in [0.15, 0.2) is 36.4 Å². The number of benzene rings is 1. The van der Waals surface area contributed by atoms with Crippen molar-refractivity contribution in [3.8, 4) is 0 Å². The minimum Gasteiger partial charge on any atom is -0.372 e. The second-order valence-electron chi connectivity index (χ2n) is 6.42. The first kappa shape index (κ1) is 26.7. The van der Waals surface area contributed by atoms with Crippen molar-refractivity contribution < 1.29 is 33.6 Å². The van der Waals surface area contributed by atoms with E-state index in [-0.39, 0.29) is 25.1 Å². The molecular formula is C19H25N7O7. The number of rotatable bonds is 9. The average Bonchev–Trinajstić information content (AvgIpc) is 3.09. The molecule has 178 valence electrons. The molecule has 0 aromatic heterocycles. The molecule has 1 aromatic rings. The molecule has 1 heterocycles. The number of amides is 6. The number of nitrogens with zero attached hydrogens (tertiary/aromatic N) is 2. The van der Waals surface area contributed by atoms with E-state index in [1.807, 2.05) is 0 Å². The van der Waals surface area contributed by atoms with Crippen LogP contribution in [-0.2, 0) is 28.8 Å².